The second-order valence-electron chi connectivity index (χ2n) is 11.3. The Balaban J connectivity index is 0.000000261. The number of ether oxygens (including phenoxy) is 3. The molecule has 0 spiro atoms. The van der Waals surface area contributed by atoms with Crippen LogP contribution in [0.5, 0.6) is 11.5 Å². The first kappa shape index (κ1) is 38.6. The van der Waals surface area contributed by atoms with E-state index in [2.05, 4.69) is 38.1 Å². The largest absolute Gasteiger partial charge is 0.495 e. The van der Waals surface area contributed by atoms with E-state index >= 15 is 0 Å². The van der Waals surface area contributed by atoms with Crippen LogP contribution in [0.25, 0.3) is 22.3 Å². The predicted octanol–water partition coefficient (Wildman–Crippen LogP) is 7.61. The van der Waals surface area contributed by atoms with Crippen LogP contribution in [-0.2, 0) is 27.2 Å². The first-order valence-corrected chi connectivity index (χ1v) is 17.0. The molecule has 0 saturated carbocycles. The standard InChI is InChI=1S/C24H21BrClNO5.C16H17NO2/c1-31-21-17(25)13-18(26)22(32-2)20(21)23(28)27-19(24(29)30)12-14-8-10-16(11-9-14)15-6-4-3-5-7-15;1-19-16(18)15(17)11-12-7-9-14(10-8-12)13-5-3-2-4-6-13/h3-11,13,19H,12H2,1-2H3,(H,27,28)(H,29,30);2-10,15H,11,17H2,1H3. The highest BCUT2D eigenvalue weighted by Gasteiger charge is 2.28. The summed E-state index contributed by atoms with van der Waals surface area (Å²) in [6.07, 6.45) is 0.588. The number of esters is 1. The van der Waals surface area contributed by atoms with E-state index in [0.717, 1.165) is 27.8 Å². The van der Waals surface area contributed by atoms with Gasteiger partial charge >= 0.3 is 11.9 Å². The van der Waals surface area contributed by atoms with Crippen molar-refractivity contribution in [3.8, 4) is 33.8 Å². The average molecular weight is 774 g/mol. The zero-order valence-electron chi connectivity index (χ0n) is 28.3. The average Bonchev–Trinajstić information content (AvgIpc) is 3.15. The topological polar surface area (TPSA) is 137 Å². The summed E-state index contributed by atoms with van der Waals surface area (Å²) in [5, 5.41) is 12.5. The number of carbonyl (C=O) groups excluding carboxylic acids is 2. The molecule has 51 heavy (non-hydrogen) atoms. The molecule has 264 valence electrons. The monoisotopic (exact) mass is 772 g/mol. The molecule has 0 aliphatic heterocycles. The molecule has 2 unspecified atom stereocenters. The Bertz CT molecular complexity index is 1900. The number of hydrogen-bond donors (Lipinski definition) is 3. The van der Waals surface area contributed by atoms with Gasteiger partial charge in [-0.1, -0.05) is 121 Å². The van der Waals surface area contributed by atoms with Gasteiger partial charge in [0.15, 0.2) is 5.75 Å². The number of nitrogens with one attached hydrogen (secondary N) is 1. The van der Waals surface area contributed by atoms with Gasteiger partial charge in [-0.2, -0.15) is 0 Å². The molecule has 5 aromatic carbocycles. The lowest BCUT2D eigenvalue weighted by Crippen LogP contribution is -2.42. The van der Waals surface area contributed by atoms with Gasteiger partial charge in [0.1, 0.15) is 23.4 Å². The predicted molar refractivity (Wildman–Crippen MR) is 202 cm³/mol. The Labute approximate surface area is 310 Å². The summed E-state index contributed by atoms with van der Waals surface area (Å²) >= 11 is 9.50. The van der Waals surface area contributed by atoms with Crippen molar-refractivity contribution in [1.29, 1.82) is 0 Å². The Morgan fingerprint density at radius 3 is 1.61 bits per heavy atom. The molecule has 4 N–H and O–H groups in total. The van der Waals surface area contributed by atoms with Crippen LogP contribution in [0, 0.1) is 0 Å². The number of methoxy groups -OCH3 is 3. The van der Waals surface area contributed by atoms with Crippen molar-refractivity contribution in [1.82, 2.24) is 5.32 Å². The Hall–Kier alpha value is -5.16. The highest BCUT2D eigenvalue weighted by atomic mass is 79.9. The van der Waals surface area contributed by atoms with Crippen molar-refractivity contribution < 1.29 is 33.7 Å². The van der Waals surface area contributed by atoms with Crippen molar-refractivity contribution in [2.45, 2.75) is 24.9 Å². The maximum absolute atomic E-state index is 13.0. The molecule has 5 rings (SSSR count). The van der Waals surface area contributed by atoms with E-state index in [0.29, 0.717) is 10.9 Å². The maximum Gasteiger partial charge on any atom is 0.326 e. The Morgan fingerprint density at radius 1 is 0.725 bits per heavy atom. The summed E-state index contributed by atoms with van der Waals surface area (Å²) in [5.74, 6) is -1.92. The van der Waals surface area contributed by atoms with Gasteiger partial charge in [0.05, 0.1) is 30.8 Å². The van der Waals surface area contributed by atoms with Crippen molar-refractivity contribution >= 4 is 45.4 Å². The van der Waals surface area contributed by atoms with Gasteiger partial charge in [0.25, 0.3) is 5.91 Å². The number of carbonyl (C=O) groups is 3. The highest BCUT2D eigenvalue weighted by Crippen LogP contribution is 2.41. The second kappa shape index (κ2) is 18.7. The molecule has 0 bridgehead atoms. The van der Waals surface area contributed by atoms with Gasteiger partial charge in [-0.15, -0.1) is 0 Å². The van der Waals surface area contributed by atoms with Crippen LogP contribution in [0.4, 0.5) is 0 Å². The molecule has 0 aromatic heterocycles. The van der Waals surface area contributed by atoms with E-state index in [-0.39, 0.29) is 34.5 Å². The summed E-state index contributed by atoms with van der Waals surface area (Å²) < 4.78 is 15.6. The summed E-state index contributed by atoms with van der Waals surface area (Å²) in [5.41, 5.74) is 11.9. The number of aliphatic carboxylic acids is 1. The second-order valence-corrected chi connectivity index (χ2v) is 12.6. The highest BCUT2D eigenvalue weighted by molar-refractivity contribution is 9.10. The number of benzene rings is 5. The lowest BCUT2D eigenvalue weighted by atomic mass is 10.0. The summed E-state index contributed by atoms with van der Waals surface area (Å²) in [4.78, 5) is 36.2. The van der Waals surface area contributed by atoms with Gasteiger partial charge in [-0.05, 0) is 61.8 Å². The molecular weight excluding hydrogens is 736 g/mol. The number of amides is 1. The van der Waals surface area contributed by atoms with E-state index in [9.17, 15) is 19.5 Å². The number of hydrogen-bond acceptors (Lipinski definition) is 7. The molecule has 0 heterocycles. The quantitative estimate of drug-likeness (QED) is 0.110. The molecule has 0 saturated heterocycles. The van der Waals surface area contributed by atoms with Crippen LogP contribution < -0.4 is 20.5 Å². The Kier molecular flexibility index (Phi) is 14.2. The summed E-state index contributed by atoms with van der Waals surface area (Å²) in [6.45, 7) is 0. The van der Waals surface area contributed by atoms with Crippen LogP contribution in [0.3, 0.4) is 0 Å². The zero-order chi connectivity index (χ0) is 36.9. The van der Waals surface area contributed by atoms with E-state index < -0.39 is 24.0 Å². The fourth-order valence-electron chi connectivity index (χ4n) is 5.27. The zero-order valence-corrected chi connectivity index (χ0v) is 30.6. The molecule has 9 nitrogen and oxygen atoms in total. The first-order chi connectivity index (χ1) is 24.6. The van der Waals surface area contributed by atoms with Gasteiger partial charge in [0.2, 0.25) is 0 Å². The number of carboxylic acids is 1. The molecule has 11 heteroatoms. The summed E-state index contributed by atoms with van der Waals surface area (Å²) in [6, 6.07) is 35.4. The van der Waals surface area contributed by atoms with Crippen molar-refractivity contribution in [3.63, 3.8) is 0 Å². The van der Waals surface area contributed by atoms with Gasteiger partial charge in [-0.3, -0.25) is 9.59 Å². The van der Waals surface area contributed by atoms with Crippen LogP contribution in [0.15, 0.2) is 120 Å². The molecule has 0 fully saturated rings. The van der Waals surface area contributed by atoms with E-state index in [1.54, 1.807) is 6.07 Å². The van der Waals surface area contributed by atoms with E-state index in [4.69, 9.17) is 26.8 Å². The van der Waals surface area contributed by atoms with Crippen LogP contribution >= 0.6 is 27.5 Å². The number of nitrogens with two attached hydrogens (primary N) is 1. The molecule has 0 aliphatic rings. The third-order valence-electron chi connectivity index (χ3n) is 7.90. The molecular formula is C40H38BrClN2O7. The number of rotatable bonds is 12. The molecule has 0 aliphatic carbocycles. The lowest BCUT2D eigenvalue weighted by Gasteiger charge is -2.19. The van der Waals surface area contributed by atoms with Gasteiger partial charge in [0, 0.05) is 6.42 Å². The third-order valence-corrected chi connectivity index (χ3v) is 8.77. The summed E-state index contributed by atoms with van der Waals surface area (Å²) in [7, 11) is 4.11. The van der Waals surface area contributed by atoms with Crippen molar-refractivity contribution in [2.75, 3.05) is 21.3 Å². The molecule has 1 amide bonds. The van der Waals surface area contributed by atoms with Crippen molar-refractivity contribution in [2.24, 2.45) is 5.73 Å². The Morgan fingerprint density at radius 2 is 1.18 bits per heavy atom. The maximum atomic E-state index is 13.0. The van der Waals surface area contributed by atoms with Crippen molar-refractivity contribution in [3.05, 3.63) is 141 Å². The minimum Gasteiger partial charge on any atom is -0.495 e. The van der Waals surface area contributed by atoms with Gasteiger partial charge in [-0.25, -0.2) is 4.79 Å². The third kappa shape index (κ3) is 10.4. The van der Waals surface area contributed by atoms with E-state index in [1.807, 2.05) is 97.1 Å². The SMILES string of the molecule is COC(=O)C(N)Cc1ccc(-c2ccccc2)cc1.COc1c(Cl)cc(Br)c(OC)c1C(=O)NC(Cc1ccc(-c2ccccc2)cc1)C(=O)O. The first-order valence-electron chi connectivity index (χ1n) is 15.8. The van der Waals surface area contributed by atoms with Crippen LogP contribution in [-0.4, -0.2) is 56.4 Å². The minimum atomic E-state index is -1.17. The molecule has 2 atom stereocenters. The number of halogens is 2. The van der Waals surface area contributed by atoms with E-state index in [1.165, 1.54) is 26.9 Å². The van der Waals surface area contributed by atoms with Gasteiger partial charge < -0.3 is 30.4 Å². The fraction of sp³-hybridized carbons (Fsp3) is 0.175. The number of carboxylic acid groups (broad SMARTS) is 1. The fourth-order valence-corrected chi connectivity index (χ4v) is 6.27. The normalized spacial score (nSPS) is 11.6. The minimum absolute atomic E-state index is 0.0139. The molecule has 0 radical (unpaired) electrons. The van der Waals surface area contributed by atoms with Crippen LogP contribution in [0.2, 0.25) is 5.02 Å². The lowest BCUT2D eigenvalue weighted by molar-refractivity contribution is -0.142. The smallest absolute Gasteiger partial charge is 0.326 e. The van der Waals surface area contributed by atoms with Crippen LogP contribution in [0.1, 0.15) is 21.5 Å². The molecule has 5 aromatic rings.